The van der Waals surface area contributed by atoms with E-state index in [4.69, 9.17) is 18.9 Å². The summed E-state index contributed by atoms with van der Waals surface area (Å²) in [4.78, 5) is 17.9. The molecule has 0 radical (unpaired) electrons. The van der Waals surface area contributed by atoms with E-state index in [1.165, 1.54) is 5.57 Å². The zero-order valence-electron chi connectivity index (χ0n) is 23.2. The molecule has 1 heterocycles. The molecule has 9 nitrogen and oxygen atoms in total. The Morgan fingerprint density at radius 2 is 2.00 bits per heavy atom. The van der Waals surface area contributed by atoms with E-state index in [1.54, 1.807) is 7.11 Å². The van der Waals surface area contributed by atoms with Crippen molar-refractivity contribution in [2.24, 2.45) is 4.99 Å². The lowest BCUT2D eigenvalue weighted by atomic mass is 10.1. The first-order chi connectivity index (χ1) is 17.8. The summed E-state index contributed by atoms with van der Waals surface area (Å²) in [5, 5.41) is 3.76. The van der Waals surface area contributed by atoms with Gasteiger partial charge in [-0.2, -0.15) is 0 Å². The maximum absolute atomic E-state index is 11.3. The van der Waals surface area contributed by atoms with Crippen molar-refractivity contribution in [3.63, 3.8) is 0 Å². The molecule has 1 aliphatic rings. The number of hydrogen-bond donors (Lipinski definition) is 1. The van der Waals surface area contributed by atoms with Crippen LogP contribution in [0, 0.1) is 0 Å². The van der Waals surface area contributed by atoms with Crippen LogP contribution in [0.5, 0.6) is 0 Å². The van der Waals surface area contributed by atoms with E-state index in [0.29, 0.717) is 43.5 Å². The van der Waals surface area contributed by atoms with E-state index in [2.05, 4.69) is 33.3 Å². The Hall–Kier alpha value is -3.59. The number of aromatic amines is 1. The summed E-state index contributed by atoms with van der Waals surface area (Å²) in [7, 11) is 1.66. The molecule has 0 saturated heterocycles. The van der Waals surface area contributed by atoms with Crippen LogP contribution in [0.4, 0.5) is 0 Å². The number of H-pyrrole nitrogens is 1. The van der Waals surface area contributed by atoms with Gasteiger partial charge in [0.25, 0.3) is 0 Å². The molecule has 1 aromatic heterocycles. The molecule has 0 bridgehead atoms. The fraction of sp³-hybridized carbons (Fsp3) is 0.464. The van der Waals surface area contributed by atoms with Crippen LogP contribution in [0.25, 0.3) is 5.57 Å². The first-order valence-electron chi connectivity index (χ1n) is 12.3. The van der Waals surface area contributed by atoms with E-state index >= 15 is 0 Å². The highest BCUT2D eigenvalue weighted by Gasteiger charge is 2.14. The van der Waals surface area contributed by atoms with Crippen molar-refractivity contribution in [3.8, 4) is 0 Å². The molecular formula is C28H41N3O6. The fourth-order valence-corrected chi connectivity index (χ4v) is 2.98. The average molecular weight is 516 g/mol. The van der Waals surface area contributed by atoms with Gasteiger partial charge in [0.2, 0.25) is 0 Å². The Morgan fingerprint density at radius 1 is 1.24 bits per heavy atom. The number of rotatable bonds is 13. The Kier molecular flexibility index (Phi) is 15.1. The molecule has 9 heteroatoms. The predicted molar refractivity (Wildman–Crippen MR) is 147 cm³/mol. The highest BCUT2D eigenvalue weighted by atomic mass is 16.5. The van der Waals surface area contributed by atoms with E-state index in [0.717, 1.165) is 29.1 Å². The summed E-state index contributed by atoms with van der Waals surface area (Å²) in [6.07, 6.45) is 11.2. The van der Waals surface area contributed by atoms with E-state index in [1.807, 2.05) is 65.0 Å². The zero-order valence-corrected chi connectivity index (χ0v) is 23.2. The number of aliphatic imine (C=N–C) groups is 1. The molecular weight excluding hydrogens is 474 g/mol. The standard InChI is InChI=1S/C23H31N3O5.C5H10O/c1-6-17(7-2)13-30-21(20(24-5)14-28-8-3)15-29-18-10-9-11-19(16(4)12-18)22-25-23(27)31-26-22;1-4-5(2)6-3/h6,9,11-12H,5,7-8,10,13-15H2,1-4H3,(H,25,26,27);4H,1-3H3/b17-6+,21-20-;5-4+. The topological polar surface area (TPSA) is 108 Å². The van der Waals surface area contributed by atoms with Crippen LogP contribution in [-0.2, 0) is 18.9 Å². The van der Waals surface area contributed by atoms with Crippen LogP contribution in [-0.4, -0.2) is 50.4 Å². The minimum Gasteiger partial charge on any atom is -0.502 e. The molecule has 1 aromatic rings. The summed E-state index contributed by atoms with van der Waals surface area (Å²) in [6.45, 7) is 17.0. The second kappa shape index (κ2) is 17.8. The molecule has 0 fully saturated rings. The van der Waals surface area contributed by atoms with Crippen LogP contribution >= 0.6 is 0 Å². The Balaban J connectivity index is 0.00000102. The lowest BCUT2D eigenvalue weighted by Gasteiger charge is -2.17. The Morgan fingerprint density at radius 3 is 2.51 bits per heavy atom. The summed E-state index contributed by atoms with van der Waals surface area (Å²) >= 11 is 0. The molecule has 0 atom stereocenters. The number of ether oxygens (including phenoxy) is 4. The molecule has 2 rings (SSSR count). The van der Waals surface area contributed by atoms with Crippen molar-refractivity contribution in [3.05, 3.63) is 80.9 Å². The molecule has 204 valence electrons. The highest BCUT2D eigenvalue weighted by molar-refractivity contribution is 5.74. The van der Waals surface area contributed by atoms with E-state index in [9.17, 15) is 4.79 Å². The van der Waals surface area contributed by atoms with Crippen LogP contribution in [0.15, 0.2) is 78.8 Å². The summed E-state index contributed by atoms with van der Waals surface area (Å²) in [5.74, 6) is 2.10. The Labute approximate surface area is 219 Å². The van der Waals surface area contributed by atoms with Gasteiger partial charge >= 0.3 is 5.76 Å². The summed E-state index contributed by atoms with van der Waals surface area (Å²) in [6, 6.07) is 0. The number of nitrogens with one attached hydrogen (secondary N) is 1. The molecule has 0 aliphatic heterocycles. The number of aromatic nitrogens is 2. The molecule has 0 saturated carbocycles. The molecule has 37 heavy (non-hydrogen) atoms. The van der Waals surface area contributed by atoms with Crippen molar-refractivity contribution >= 4 is 12.3 Å². The smallest absolute Gasteiger partial charge is 0.439 e. The van der Waals surface area contributed by atoms with Gasteiger partial charge in [-0.25, -0.2) is 4.79 Å². The first kappa shape index (κ1) is 31.4. The third-order valence-electron chi connectivity index (χ3n) is 5.47. The average Bonchev–Trinajstić information content (AvgIpc) is 3.25. The SMILES string of the molecule is C/C=C(\C)OC.C=N/C(COCC)=C(/COC1=CC(C)=C(c2noc(=O)[nH]2)C=CC1)OC/C(=C/C)CC. The molecule has 0 aromatic carbocycles. The van der Waals surface area contributed by atoms with Gasteiger partial charge in [-0.1, -0.05) is 36.4 Å². The second-order valence-corrected chi connectivity index (χ2v) is 7.90. The minimum absolute atomic E-state index is 0.200. The molecule has 1 N–H and O–H groups in total. The maximum atomic E-state index is 11.3. The summed E-state index contributed by atoms with van der Waals surface area (Å²) in [5.41, 5.74) is 3.45. The fourth-order valence-electron chi connectivity index (χ4n) is 2.98. The normalized spacial score (nSPS) is 14.7. The van der Waals surface area contributed by atoms with Crippen molar-refractivity contribution in [2.75, 3.05) is 33.5 Å². The number of methoxy groups -OCH3 is 1. The van der Waals surface area contributed by atoms with Gasteiger partial charge < -0.3 is 18.9 Å². The van der Waals surface area contributed by atoms with Crippen LogP contribution in [0.2, 0.25) is 0 Å². The predicted octanol–water partition coefficient (Wildman–Crippen LogP) is 5.87. The lowest BCUT2D eigenvalue weighted by molar-refractivity contribution is 0.129. The van der Waals surface area contributed by atoms with Crippen LogP contribution < -0.4 is 5.76 Å². The van der Waals surface area contributed by atoms with Crippen LogP contribution in [0.1, 0.15) is 60.2 Å². The maximum Gasteiger partial charge on any atom is 0.439 e. The second-order valence-electron chi connectivity index (χ2n) is 7.90. The van der Waals surface area contributed by atoms with Gasteiger partial charge in [-0.15, -0.1) is 0 Å². The number of nitrogens with zero attached hydrogens (tertiary/aromatic N) is 2. The van der Waals surface area contributed by atoms with Gasteiger partial charge in [0.15, 0.2) is 11.6 Å². The van der Waals surface area contributed by atoms with Gasteiger partial charge in [0.1, 0.15) is 24.7 Å². The largest absolute Gasteiger partial charge is 0.502 e. The third-order valence-corrected chi connectivity index (χ3v) is 5.47. The quantitative estimate of drug-likeness (QED) is 0.199. The van der Waals surface area contributed by atoms with Crippen molar-refractivity contribution in [2.45, 2.75) is 54.4 Å². The van der Waals surface area contributed by atoms with Crippen LogP contribution in [0.3, 0.4) is 0 Å². The van der Waals surface area contributed by atoms with E-state index in [-0.39, 0.29) is 6.61 Å². The zero-order chi connectivity index (χ0) is 27.6. The molecule has 0 spiro atoms. The monoisotopic (exact) mass is 515 g/mol. The molecule has 0 amide bonds. The highest BCUT2D eigenvalue weighted by Crippen LogP contribution is 2.24. The molecule has 0 unspecified atom stereocenters. The number of allylic oxidation sites excluding steroid dienone is 8. The van der Waals surface area contributed by atoms with Crippen molar-refractivity contribution in [1.29, 1.82) is 0 Å². The van der Waals surface area contributed by atoms with Crippen molar-refractivity contribution in [1.82, 2.24) is 10.1 Å². The minimum atomic E-state index is -0.591. The van der Waals surface area contributed by atoms with E-state index < -0.39 is 5.76 Å². The van der Waals surface area contributed by atoms with Gasteiger partial charge in [-0.05, 0) is 65.0 Å². The lowest BCUT2D eigenvalue weighted by Crippen LogP contribution is -2.10. The van der Waals surface area contributed by atoms with Gasteiger partial charge in [-0.3, -0.25) is 14.5 Å². The van der Waals surface area contributed by atoms with Gasteiger partial charge in [0.05, 0.1) is 19.5 Å². The third kappa shape index (κ3) is 11.3. The van der Waals surface area contributed by atoms with Gasteiger partial charge in [0, 0.05) is 18.6 Å². The Bertz CT molecular complexity index is 1100. The first-order valence-corrected chi connectivity index (χ1v) is 12.3. The molecule has 1 aliphatic carbocycles. The summed E-state index contributed by atoms with van der Waals surface area (Å²) < 4.78 is 27.0. The number of hydrogen-bond acceptors (Lipinski definition) is 8. The van der Waals surface area contributed by atoms with Crippen molar-refractivity contribution < 1.29 is 23.5 Å².